The first-order valence-electron chi connectivity index (χ1n) is 5.87. The summed E-state index contributed by atoms with van der Waals surface area (Å²) >= 11 is 7.61. The highest BCUT2D eigenvalue weighted by atomic mass is 35.5. The quantitative estimate of drug-likeness (QED) is 0.943. The maximum atomic E-state index is 11.9. The van der Waals surface area contributed by atoms with Gasteiger partial charge in [-0.3, -0.25) is 9.78 Å². The first-order chi connectivity index (χ1) is 9.06. The average molecular weight is 296 g/mol. The molecule has 0 unspecified atom stereocenters. The lowest BCUT2D eigenvalue weighted by Crippen LogP contribution is -2.26. The smallest absolute Gasteiger partial charge is 0.254 e. The summed E-state index contributed by atoms with van der Waals surface area (Å²) in [6.07, 6.45) is 2.22. The zero-order valence-electron chi connectivity index (χ0n) is 10.7. The molecular formula is C13H14ClN3OS. The monoisotopic (exact) mass is 295 g/mol. The zero-order chi connectivity index (χ0) is 13.8. The third kappa shape index (κ3) is 3.75. The molecule has 0 saturated carbocycles. The van der Waals surface area contributed by atoms with Gasteiger partial charge < -0.3 is 5.32 Å². The molecule has 2 rings (SSSR count). The number of hydrogen-bond donors (Lipinski definition) is 1. The van der Waals surface area contributed by atoms with Gasteiger partial charge in [0.15, 0.2) is 0 Å². The van der Waals surface area contributed by atoms with Gasteiger partial charge >= 0.3 is 0 Å². The summed E-state index contributed by atoms with van der Waals surface area (Å²) in [5, 5.41) is 6.26. The van der Waals surface area contributed by atoms with E-state index in [1.54, 1.807) is 17.4 Å². The van der Waals surface area contributed by atoms with Crippen LogP contribution in [0.3, 0.4) is 0 Å². The molecule has 1 amide bonds. The lowest BCUT2D eigenvalue weighted by molar-refractivity contribution is 0.0954. The third-order valence-corrected chi connectivity index (χ3v) is 3.86. The third-order valence-electron chi connectivity index (χ3n) is 2.53. The molecule has 6 heteroatoms. The summed E-state index contributed by atoms with van der Waals surface area (Å²) in [7, 11) is 0. The van der Waals surface area contributed by atoms with Gasteiger partial charge in [-0.2, -0.15) is 0 Å². The van der Waals surface area contributed by atoms with Crippen molar-refractivity contribution < 1.29 is 4.79 Å². The highest BCUT2D eigenvalue weighted by molar-refractivity contribution is 7.09. The number of hydrogen-bond acceptors (Lipinski definition) is 4. The Morgan fingerprint density at radius 2 is 2.21 bits per heavy atom. The fraction of sp³-hybridized carbons (Fsp3) is 0.308. The van der Waals surface area contributed by atoms with Crippen LogP contribution in [0, 0.1) is 13.8 Å². The number of nitrogens with one attached hydrogen (secondary N) is 1. The molecule has 2 aromatic rings. The SMILES string of the molecule is Cc1cc(Cl)c(C(=O)NCCc2nc(C)cs2)cn1. The fourth-order valence-corrected chi connectivity index (χ4v) is 2.66. The number of aromatic nitrogens is 2. The van der Waals surface area contributed by atoms with Crippen molar-refractivity contribution in [3.8, 4) is 0 Å². The van der Waals surface area contributed by atoms with Crippen LogP contribution >= 0.6 is 22.9 Å². The molecule has 1 N–H and O–H groups in total. The van der Waals surface area contributed by atoms with Crippen LogP contribution in [0.4, 0.5) is 0 Å². The topological polar surface area (TPSA) is 54.9 Å². The average Bonchev–Trinajstić information content (AvgIpc) is 2.75. The lowest BCUT2D eigenvalue weighted by atomic mass is 10.2. The van der Waals surface area contributed by atoms with Crippen molar-refractivity contribution in [2.24, 2.45) is 0 Å². The van der Waals surface area contributed by atoms with E-state index in [-0.39, 0.29) is 5.91 Å². The Balaban J connectivity index is 1.90. The molecule has 0 aliphatic rings. The number of thiazole rings is 1. The predicted octanol–water partition coefficient (Wildman–Crippen LogP) is 2.78. The van der Waals surface area contributed by atoms with E-state index >= 15 is 0 Å². The molecule has 19 heavy (non-hydrogen) atoms. The van der Waals surface area contributed by atoms with E-state index in [1.165, 1.54) is 6.20 Å². The Labute approximate surface area is 120 Å². The van der Waals surface area contributed by atoms with Gasteiger partial charge in [0.25, 0.3) is 5.91 Å². The predicted molar refractivity (Wildman–Crippen MR) is 76.9 cm³/mol. The summed E-state index contributed by atoms with van der Waals surface area (Å²) in [5.41, 5.74) is 2.21. The molecule has 0 radical (unpaired) electrons. The molecule has 0 atom stereocenters. The maximum Gasteiger partial charge on any atom is 0.254 e. The van der Waals surface area contributed by atoms with Crippen LogP contribution in [-0.2, 0) is 6.42 Å². The van der Waals surface area contributed by atoms with Gasteiger partial charge in [-0.1, -0.05) is 11.6 Å². The van der Waals surface area contributed by atoms with E-state index in [2.05, 4.69) is 15.3 Å². The molecule has 0 aliphatic carbocycles. The molecule has 0 aliphatic heterocycles. The molecular weight excluding hydrogens is 282 g/mol. The van der Waals surface area contributed by atoms with Crippen molar-refractivity contribution in [2.45, 2.75) is 20.3 Å². The maximum absolute atomic E-state index is 11.9. The number of nitrogens with zero attached hydrogens (tertiary/aromatic N) is 2. The van der Waals surface area contributed by atoms with Gasteiger partial charge in [0.05, 0.1) is 15.6 Å². The Bertz CT molecular complexity index is 597. The van der Waals surface area contributed by atoms with E-state index in [1.807, 2.05) is 19.2 Å². The van der Waals surface area contributed by atoms with E-state index < -0.39 is 0 Å². The lowest BCUT2D eigenvalue weighted by Gasteiger charge is -2.06. The van der Waals surface area contributed by atoms with Crippen molar-refractivity contribution in [3.05, 3.63) is 44.6 Å². The van der Waals surface area contributed by atoms with Crippen LogP contribution in [0.5, 0.6) is 0 Å². The summed E-state index contributed by atoms with van der Waals surface area (Å²) in [5.74, 6) is -0.203. The van der Waals surface area contributed by atoms with Gasteiger partial charge in [0, 0.05) is 35.9 Å². The van der Waals surface area contributed by atoms with Crippen molar-refractivity contribution in [3.63, 3.8) is 0 Å². The van der Waals surface area contributed by atoms with Crippen LogP contribution in [-0.4, -0.2) is 22.4 Å². The molecule has 0 saturated heterocycles. The van der Waals surface area contributed by atoms with Gasteiger partial charge in [-0.05, 0) is 19.9 Å². The zero-order valence-corrected chi connectivity index (χ0v) is 12.3. The minimum Gasteiger partial charge on any atom is -0.352 e. The van der Waals surface area contributed by atoms with E-state index in [9.17, 15) is 4.79 Å². The van der Waals surface area contributed by atoms with E-state index in [0.717, 1.165) is 22.8 Å². The normalized spacial score (nSPS) is 10.5. The number of carbonyl (C=O) groups is 1. The first kappa shape index (κ1) is 14.0. The second kappa shape index (κ2) is 6.12. The summed E-state index contributed by atoms with van der Waals surface area (Å²) in [6.45, 7) is 4.32. The van der Waals surface area contributed by atoms with Crippen LogP contribution in [0.1, 0.15) is 26.8 Å². The molecule has 0 spiro atoms. The molecule has 0 fully saturated rings. The van der Waals surface area contributed by atoms with Crippen LogP contribution in [0.15, 0.2) is 17.6 Å². The number of carbonyl (C=O) groups excluding carboxylic acids is 1. The Kier molecular flexibility index (Phi) is 4.50. The standard InChI is InChI=1S/C13H14ClN3OS/c1-8-5-11(14)10(6-16-8)13(18)15-4-3-12-17-9(2)7-19-12/h5-7H,3-4H2,1-2H3,(H,15,18). The largest absolute Gasteiger partial charge is 0.352 e. The summed E-state index contributed by atoms with van der Waals surface area (Å²) < 4.78 is 0. The summed E-state index contributed by atoms with van der Waals surface area (Å²) in [6, 6.07) is 1.68. The Morgan fingerprint density at radius 3 is 2.84 bits per heavy atom. The van der Waals surface area contributed by atoms with Gasteiger partial charge in [-0.15, -0.1) is 11.3 Å². The number of halogens is 1. The molecule has 2 heterocycles. The number of aryl methyl sites for hydroxylation is 2. The first-order valence-corrected chi connectivity index (χ1v) is 7.13. The fourth-order valence-electron chi connectivity index (χ4n) is 1.59. The Morgan fingerprint density at radius 1 is 1.42 bits per heavy atom. The minimum atomic E-state index is -0.203. The second-order valence-electron chi connectivity index (χ2n) is 4.19. The molecule has 100 valence electrons. The highest BCUT2D eigenvalue weighted by Gasteiger charge is 2.10. The van der Waals surface area contributed by atoms with Crippen molar-refractivity contribution in [1.82, 2.24) is 15.3 Å². The molecule has 2 aromatic heterocycles. The van der Waals surface area contributed by atoms with Gasteiger partial charge in [0.2, 0.25) is 0 Å². The number of pyridine rings is 1. The van der Waals surface area contributed by atoms with E-state index in [0.29, 0.717) is 17.1 Å². The van der Waals surface area contributed by atoms with Crippen LogP contribution in [0.2, 0.25) is 5.02 Å². The van der Waals surface area contributed by atoms with Gasteiger partial charge in [0.1, 0.15) is 0 Å². The minimum absolute atomic E-state index is 0.203. The number of amides is 1. The van der Waals surface area contributed by atoms with Crippen LogP contribution in [0.25, 0.3) is 0 Å². The van der Waals surface area contributed by atoms with Crippen molar-refractivity contribution >= 4 is 28.8 Å². The molecule has 0 aromatic carbocycles. The highest BCUT2D eigenvalue weighted by Crippen LogP contribution is 2.15. The van der Waals surface area contributed by atoms with E-state index in [4.69, 9.17) is 11.6 Å². The molecule has 0 bridgehead atoms. The van der Waals surface area contributed by atoms with Gasteiger partial charge in [-0.25, -0.2) is 4.98 Å². The Hall–Kier alpha value is -1.46. The number of rotatable bonds is 4. The summed E-state index contributed by atoms with van der Waals surface area (Å²) in [4.78, 5) is 20.3. The van der Waals surface area contributed by atoms with Crippen molar-refractivity contribution in [1.29, 1.82) is 0 Å². The van der Waals surface area contributed by atoms with Crippen LogP contribution < -0.4 is 5.32 Å². The van der Waals surface area contributed by atoms with Crippen molar-refractivity contribution in [2.75, 3.05) is 6.54 Å². The second-order valence-corrected chi connectivity index (χ2v) is 5.54. The molecule has 4 nitrogen and oxygen atoms in total.